The van der Waals surface area contributed by atoms with E-state index in [1.165, 1.54) is 18.2 Å². The van der Waals surface area contributed by atoms with Crippen molar-refractivity contribution in [3.8, 4) is 6.07 Å². The first-order chi connectivity index (χ1) is 8.99. The summed E-state index contributed by atoms with van der Waals surface area (Å²) in [5, 5.41) is 28.4. The van der Waals surface area contributed by atoms with Crippen molar-refractivity contribution in [3.05, 3.63) is 29.3 Å². The van der Waals surface area contributed by atoms with Crippen LogP contribution in [0, 0.1) is 11.3 Å². The highest BCUT2D eigenvalue weighted by molar-refractivity contribution is 5.70. The van der Waals surface area contributed by atoms with Gasteiger partial charge < -0.3 is 20.7 Å². The lowest BCUT2D eigenvalue weighted by atomic mass is 10.00. The average molecular weight is 264 g/mol. The van der Waals surface area contributed by atoms with E-state index in [1.54, 1.807) is 6.92 Å². The maximum Gasteiger partial charge on any atom is 0.308 e. The number of benzene rings is 1. The number of aliphatic hydroxyl groups excluding tert-OH is 2. The van der Waals surface area contributed by atoms with Crippen LogP contribution in [0.3, 0.4) is 0 Å². The number of carbonyl (C=O) groups excluding carboxylic acids is 1. The summed E-state index contributed by atoms with van der Waals surface area (Å²) < 4.78 is 4.68. The molecule has 0 aliphatic heterocycles. The molecule has 0 radical (unpaired) electrons. The molecule has 102 valence electrons. The molecule has 1 aromatic rings. The van der Waals surface area contributed by atoms with Gasteiger partial charge in [0.2, 0.25) is 0 Å². The van der Waals surface area contributed by atoms with E-state index in [9.17, 15) is 15.0 Å². The van der Waals surface area contributed by atoms with E-state index >= 15 is 0 Å². The number of hydrogen-bond donors (Lipinski definition) is 3. The Balaban J connectivity index is 2.77. The molecule has 1 aromatic carbocycles. The van der Waals surface area contributed by atoms with E-state index in [2.05, 4.69) is 4.74 Å². The molecule has 2 atom stereocenters. The monoisotopic (exact) mass is 264 g/mol. The van der Waals surface area contributed by atoms with Gasteiger partial charge in [0.15, 0.2) is 0 Å². The molecule has 2 unspecified atom stereocenters. The third kappa shape index (κ3) is 3.95. The minimum absolute atomic E-state index is 0.211. The van der Waals surface area contributed by atoms with Crippen LogP contribution in [0.5, 0.6) is 0 Å². The van der Waals surface area contributed by atoms with E-state index in [-0.39, 0.29) is 24.3 Å². The molecule has 0 saturated heterocycles. The number of aliphatic hydroxyl groups is 2. The summed E-state index contributed by atoms with van der Waals surface area (Å²) in [5.74, 6) is -0.587. The Bertz CT molecular complexity index is 496. The highest BCUT2D eigenvalue weighted by Crippen LogP contribution is 2.23. The van der Waals surface area contributed by atoms with Crippen LogP contribution in [0.25, 0.3) is 0 Å². The summed E-state index contributed by atoms with van der Waals surface area (Å²) >= 11 is 0. The standard InChI is InChI=1S/C13H16N2O4/c1-2-19-12(17)6-11(16)13(18)8-3-4-9(7-14)10(15)5-8/h3-5,11,13,16,18H,2,6,15H2,1H3. The Labute approximate surface area is 111 Å². The number of nitrogen functional groups attached to an aromatic ring is 1. The van der Waals surface area contributed by atoms with Crippen LogP contribution >= 0.6 is 0 Å². The van der Waals surface area contributed by atoms with Gasteiger partial charge in [-0.05, 0) is 24.6 Å². The molecular weight excluding hydrogens is 248 g/mol. The predicted octanol–water partition coefficient (Wildman–Crippen LogP) is 0.488. The minimum Gasteiger partial charge on any atom is -0.466 e. The van der Waals surface area contributed by atoms with Crippen LogP contribution in [-0.4, -0.2) is 28.9 Å². The number of esters is 1. The Kier molecular flexibility index (Phi) is 5.30. The van der Waals surface area contributed by atoms with Crippen molar-refractivity contribution in [3.63, 3.8) is 0 Å². The van der Waals surface area contributed by atoms with E-state index in [4.69, 9.17) is 11.0 Å². The summed E-state index contributed by atoms with van der Waals surface area (Å²) in [5.41, 5.74) is 6.45. The first-order valence-corrected chi connectivity index (χ1v) is 5.80. The Morgan fingerprint density at radius 1 is 1.53 bits per heavy atom. The average Bonchev–Trinajstić information content (AvgIpc) is 2.37. The smallest absolute Gasteiger partial charge is 0.308 e. The zero-order valence-electron chi connectivity index (χ0n) is 10.5. The molecule has 0 heterocycles. The summed E-state index contributed by atoms with van der Waals surface area (Å²) in [7, 11) is 0. The molecule has 0 aliphatic carbocycles. The second-order valence-electron chi connectivity index (χ2n) is 3.98. The van der Waals surface area contributed by atoms with Crippen LogP contribution in [0.4, 0.5) is 5.69 Å². The highest BCUT2D eigenvalue weighted by Gasteiger charge is 2.22. The van der Waals surface area contributed by atoms with Crippen LogP contribution < -0.4 is 5.73 Å². The normalized spacial score (nSPS) is 13.4. The number of carbonyl (C=O) groups is 1. The number of nitrogens with two attached hydrogens (primary N) is 1. The molecule has 0 aliphatic rings. The molecule has 19 heavy (non-hydrogen) atoms. The van der Waals surface area contributed by atoms with Gasteiger partial charge in [-0.25, -0.2) is 0 Å². The number of anilines is 1. The van der Waals surface area contributed by atoms with Gasteiger partial charge in [0.05, 0.1) is 24.7 Å². The second kappa shape index (κ2) is 6.73. The second-order valence-corrected chi connectivity index (χ2v) is 3.98. The van der Waals surface area contributed by atoms with Gasteiger partial charge in [0.1, 0.15) is 12.2 Å². The van der Waals surface area contributed by atoms with Crippen LogP contribution in [0.1, 0.15) is 30.6 Å². The summed E-state index contributed by atoms with van der Waals surface area (Å²) in [6, 6.07) is 6.23. The summed E-state index contributed by atoms with van der Waals surface area (Å²) in [6.07, 6.45) is -2.86. The van der Waals surface area contributed by atoms with Gasteiger partial charge >= 0.3 is 5.97 Å². The van der Waals surface area contributed by atoms with E-state index < -0.39 is 18.2 Å². The lowest BCUT2D eigenvalue weighted by Gasteiger charge is -2.18. The van der Waals surface area contributed by atoms with Gasteiger partial charge in [0, 0.05) is 5.69 Å². The number of nitriles is 1. The predicted molar refractivity (Wildman–Crippen MR) is 67.8 cm³/mol. The maximum absolute atomic E-state index is 11.2. The van der Waals surface area contributed by atoms with E-state index in [0.29, 0.717) is 5.56 Å². The molecule has 0 spiro atoms. The van der Waals surface area contributed by atoms with Crippen molar-refractivity contribution < 1.29 is 19.7 Å². The van der Waals surface area contributed by atoms with Gasteiger partial charge in [0.25, 0.3) is 0 Å². The highest BCUT2D eigenvalue weighted by atomic mass is 16.5. The molecule has 0 saturated carbocycles. The van der Waals surface area contributed by atoms with Crippen molar-refractivity contribution in [1.82, 2.24) is 0 Å². The van der Waals surface area contributed by atoms with Gasteiger partial charge in [-0.3, -0.25) is 4.79 Å². The van der Waals surface area contributed by atoms with Crippen LogP contribution in [-0.2, 0) is 9.53 Å². The molecular formula is C13H16N2O4. The molecule has 6 heteroatoms. The third-order valence-corrected chi connectivity index (χ3v) is 2.58. The van der Waals surface area contributed by atoms with E-state index in [0.717, 1.165) is 0 Å². The first-order valence-electron chi connectivity index (χ1n) is 5.80. The Morgan fingerprint density at radius 3 is 2.74 bits per heavy atom. The van der Waals surface area contributed by atoms with Crippen molar-refractivity contribution >= 4 is 11.7 Å². The SMILES string of the molecule is CCOC(=O)CC(O)C(O)c1ccc(C#N)c(N)c1. The molecule has 0 aromatic heterocycles. The molecule has 0 bridgehead atoms. The number of nitrogens with zero attached hydrogens (tertiary/aromatic N) is 1. The third-order valence-electron chi connectivity index (χ3n) is 2.58. The number of ether oxygens (including phenoxy) is 1. The minimum atomic E-state index is -1.29. The number of rotatable bonds is 5. The zero-order valence-corrected chi connectivity index (χ0v) is 10.5. The van der Waals surface area contributed by atoms with Gasteiger partial charge in [-0.15, -0.1) is 0 Å². The van der Waals surface area contributed by atoms with Crippen LogP contribution in [0.2, 0.25) is 0 Å². The molecule has 6 nitrogen and oxygen atoms in total. The molecule has 1 rings (SSSR count). The fourth-order valence-electron chi connectivity index (χ4n) is 1.59. The number of hydrogen-bond acceptors (Lipinski definition) is 6. The van der Waals surface area contributed by atoms with E-state index in [1.807, 2.05) is 6.07 Å². The Hall–Kier alpha value is -2.10. The topological polar surface area (TPSA) is 117 Å². The van der Waals surface area contributed by atoms with Gasteiger partial charge in [-0.1, -0.05) is 6.07 Å². The molecule has 0 fully saturated rings. The summed E-state index contributed by atoms with van der Waals surface area (Å²) in [6.45, 7) is 1.87. The molecule has 4 N–H and O–H groups in total. The van der Waals surface area contributed by atoms with Crippen molar-refractivity contribution in [2.75, 3.05) is 12.3 Å². The fourth-order valence-corrected chi connectivity index (χ4v) is 1.59. The summed E-state index contributed by atoms with van der Waals surface area (Å²) in [4.78, 5) is 11.2. The maximum atomic E-state index is 11.2. The quantitative estimate of drug-likeness (QED) is 0.526. The Morgan fingerprint density at radius 2 is 2.21 bits per heavy atom. The molecule has 0 amide bonds. The van der Waals surface area contributed by atoms with Crippen molar-refractivity contribution in [2.24, 2.45) is 0 Å². The lowest BCUT2D eigenvalue weighted by Crippen LogP contribution is -2.23. The zero-order chi connectivity index (χ0) is 14.4. The van der Waals surface area contributed by atoms with Crippen molar-refractivity contribution in [2.45, 2.75) is 25.6 Å². The van der Waals surface area contributed by atoms with Crippen LogP contribution in [0.15, 0.2) is 18.2 Å². The lowest BCUT2D eigenvalue weighted by molar-refractivity contribution is -0.147. The largest absolute Gasteiger partial charge is 0.466 e. The van der Waals surface area contributed by atoms with Crippen molar-refractivity contribution in [1.29, 1.82) is 5.26 Å². The first kappa shape index (κ1) is 15.0. The van der Waals surface area contributed by atoms with Gasteiger partial charge in [-0.2, -0.15) is 5.26 Å². The fraction of sp³-hybridized carbons (Fsp3) is 0.385.